The van der Waals surface area contributed by atoms with E-state index in [0.717, 1.165) is 0 Å². The number of nitrogens with one attached hydrogen (secondary N) is 1. The van der Waals surface area contributed by atoms with Crippen molar-refractivity contribution in [2.45, 2.75) is 0 Å². The third-order valence-electron chi connectivity index (χ3n) is 4.68. The molecule has 1 heterocycles. The van der Waals surface area contributed by atoms with E-state index in [9.17, 15) is 14.0 Å². The van der Waals surface area contributed by atoms with Crippen molar-refractivity contribution in [2.24, 2.45) is 5.92 Å². The third kappa shape index (κ3) is 4.17. The Morgan fingerprint density at radius 2 is 2.07 bits per heavy atom. The van der Waals surface area contributed by atoms with Crippen LogP contribution in [0.3, 0.4) is 0 Å². The largest absolute Gasteiger partial charge is 0.496 e. The van der Waals surface area contributed by atoms with Crippen LogP contribution in [-0.2, 0) is 4.79 Å². The maximum Gasteiger partial charge on any atom is 0.252 e. The predicted octanol–water partition coefficient (Wildman–Crippen LogP) is 3.53. The maximum absolute atomic E-state index is 13.6. The minimum Gasteiger partial charge on any atom is -0.496 e. The second kappa shape index (κ2) is 8.44. The van der Waals surface area contributed by atoms with Crippen LogP contribution in [0.2, 0.25) is 5.02 Å². The number of amides is 2. The zero-order valence-corrected chi connectivity index (χ0v) is 16.1. The van der Waals surface area contributed by atoms with Gasteiger partial charge in [0.15, 0.2) is 0 Å². The van der Waals surface area contributed by atoms with Crippen molar-refractivity contribution in [3.8, 4) is 16.9 Å². The highest BCUT2D eigenvalue weighted by atomic mass is 35.5. The Bertz CT molecular complexity index is 926. The lowest BCUT2D eigenvalue weighted by Gasteiger charge is -2.38. The molecule has 0 spiro atoms. The van der Waals surface area contributed by atoms with Gasteiger partial charge >= 0.3 is 0 Å². The Hall–Kier alpha value is -2.86. The van der Waals surface area contributed by atoms with Gasteiger partial charge in [0.1, 0.15) is 11.6 Å². The van der Waals surface area contributed by atoms with E-state index in [0.29, 0.717) is 42.1 Å². The number of hydrogen-bond acceptors (Lipinski definition) is 3. The summed E-state index contributed by atoms with van der Waals surface area (Å²) in [4.78, 5) is 25.5. The van der Waals surface area contributed by atoms with Crippen LogP contribution in [0.4, 0.5) is 4.39 Å². The Morgan fingerprint density at radius 1 is 1.32 bits per heavy atom. The third-order valence-corrected chi connectivity index (χ3v) is 4.99. The summed E-state index contributed by atoms with van der Waals surface area (Å²) < 4.78 is 18.9. The normalized spacial score (nSPS) is 13.6. The SMILES string of the molecule is C=CC(=O)N1CC(CNC(=O)c2ccc(-c3cc(F)ccc3OC)cc2Cl)C1. The first-order valence-corrected chi connectivity index (χ1v) is 9.13. The fraction of sp³-hybridized carbons (Fsp3) is 0.238. The minimum atomic E-state index is -0.391. The van der Waals surface area contributed by atoms with E-state index in [4.69, 9.17) is 16.3 Å². The van der Waals surface area contributed by atoms with Crippen molar-refractivity contribution >= 4 is 23.4 Å². The maximum atomic E-state index is 13.6. The van der Waals surface area contributed by atoms with Gasteiger partial charge in [-0.3, -0.25) is 9.59 Å². The minimum absolute atomic E-state index is 0.103. The molecule has 1 aliphatic rings. The topological polar surface area (TPSA) is 58.6 Å². The molecule has 1 saturated heterocycles. The zero-order valence-electron chi connectivity index (χ0n) is 15.4. The molecule has 2 aromatic carbocycles. The average Bonchev–Trinajstić information content (AvgIpc) is 2.66. The summed E-state index contributed by atoms with van der Waals surface area (Å²) in [6.45, 7) is 5.10. The summed E-state index contributed by atoms with van der Waals surface area (Å²) in [5.74, 6) is -0.0656. The molecule has 2 aromatic rings. The number of rotatable bonds is 6. The number of hydrogen-bond donors (Lipinski definition) is 1. The number of methoxy groups -OCH3 is 1. The Balaban J connectivity index is 1.66. The Labute approximate surface area is 167 Å². The van der Waals surface area contributed by atoms with Gasteiger partial charge in [-0.2, -0.15) is 0 Å². The molecule has 0 aliphatic carbocycles. The molecule has 28 heavy (non-hydrogen) atoms. The number of halogens is 2. The molecule has 0 atom stereocenters. The van der Waals surface area contributed by atoms with Crippen LogP contribution in [0.25, 0.3) is 11.1 Å². The van der Waals surface area contributed by atoms with Gasteiger partial charge in [-0.15, -0.1) is 0 Å². The van der Waals surface area contributed by atoms with Crippen LogP contribution >= 0.6 is 11.6 Å². The summed E-state index contributed by atoms with van der Waals surface area (Å²) in [6, 6.07) is 9.13. The Morgan fingerprint density at radius 3 is 2.71 bits per heavy atom. The van der Waals surface area contributed by atoms with Crippen molar-refractivity contribution < 1.29 is 18.7 Å². The average molecular weight is 403 g/mol. The first kappa shape index (κ1) is 19.9. The second-order valence-corrected chi connectivity index (χ2v) is 6.97. The molecular weight excluding hydrogens is 383 g/mol. The van der Waals surface area contributed by atoms with E-state index in [1.54, 1.807) is 23.1 Å². The van der Waals surface area contributed by atoms with Crippen molar-refractivity contribution in [1.29, 1.82) is 0 Å². The van der Waals surface area contributed by atoms with Gasteiger partial charge in [0.05, 0.1) is 17.7 Å². The van der Waals surface area contributed by atoms with Gasteiger partial charge in [0.2, 0.25) is 5.91 Å². The highest BCUT2D eigenvalue weighted by molar-refractivity contribution is 6.34. The van der Waals surface area contributed by atoms with Crippen molar-refractivity contribution in [3.63, 3.8) is 0 Å². The van der Waals surface area contributed by atoms with Crippen LogP contribution in [0.1, 0.15) is 10.4 Å². The summed E-state index contributed by atoms with van der Waals surface area (Å²) in [6.07, 6.45) is 1.28. The summed E-state index contributed by atoms with van der Waals surface area (Å²) >= 11 is 6.30. The second-order valence-electron chi connectivity index (χ2n) is 6.56. The van der Waals surface area contributed by atoms with Gasteiger partial charge in [0, 0.05) is 31.1 Å². The van der Waals surface area contributed by atoms with Crippen LogP contribution in [0.15, 0.2) is 49.1 Å². The van der Waals surface area contributed by atoms with Crippen LogP contribution < -0.4 is 10.1 Å². The summed E-state index contributed by atoms with van der Waals surface area (Å²) in [5, 5.41) is 3.10. The zero-order chi connectivity index (χ0) is 20.3. The molecule has 1 fully saturated rings. The molecule has 0 bridgehead atoms. The number of ether oxygens (including phenoxy) is 1. The molecule has 0 radical (unpaired) electrons. The molecule has 3 rings (SSSR count). The lowest BCUT2D eigenvalue weighted by Crippen LogP contribution is -2.53. The molecule has 0 aromatic heterocycles. The first-order chi connectivity index (χ1) is 13.4. The quantitative estimate of drug-likeness (QED) is 0.752. The van der Waals surface area contributed by atoms with E-state index in [1.165, 1.54) is 31.4 Å². The molecule has 1 aliphatic heterocycles. The number of likely N-dealkylation sites (tertiary alicyclic amines) is 1. The first-order valence-electron chi connectivity index (χ1n) is 8.76. The smallest absolute Gasteiger partial charge is 0.252 e. The van der Waals surface area contributed by atoms with Crippen molar-refractivity contribution in [2.75, 3.05) is 26.7 Å². The highest BCUT2D eigenvalue weighted by Gasteiger charge is 2.29. The van der Waals surface area contributed by atoms with Gasteiger partial charge in [-0.1, -0.05) is 24.2 Å². The molecule has 0 saturated carbocycles. The Kier molecular flexibility index (Phi) is 5.99. The van der Waals surface area contributed by atoms with E-state index < -0.39 is 5.82 Å². The lowest BCUT2D eigenvalue weighted by atomic mass is 9.99. The monoisotopic (exact) mass is 402 g/mol. The summed E-state index contributed by atoms with van der Waals surface area (Å²) in [5.41, 5.74) is 1.53. The summed E-state index contributed by atoms with van der Waals surface area (Å²) in [7, 11) is 1.50. The van der Waals surface area contributed by atoms with Crippen LogP contribution in [0.5, 0.6) is 5.75 Å². The standard InChI is InChI=1S/C21H20ClFN2O3/c1-3-20(26)25-11-13(12-25)10-24-21(27)16-6-4-14(8-18(16)22)17-9-15(23)5-7-19(17)28-2/h3-9,13H,1,10-12H2,2H3,(H,24,27). The van der Waals surface area contributed by atoms with Crippen LogP contribution in [0, 0.1) is 11.7 Å². The molecule has 2 amide bonds. The number of benzene rings is 2. The molecule has 0 unspecified atom stereocenters. The van der Waals surface area contributed by atoms with E-state index in [-0.39, 0.29) is 22.8 Å². The molecule has 7 heteroatoms. The van der Waals surface area contributed by atoms with Gasteiger partial charge in [-0.25, -0.2) is 4.39 Å². The highest BCUT2D eigenvalue weighted by Crippen LogP contribution is 2.33. The van der Waals surface area contributed by atoms with Crippen molar-refractivity contribution in [1.82, 2.24) is 10.2 Å². The molecular formula is C21H20ClFN2O3. The molecule has 5 nitrogen and oxygen atoms in total. The van der Waals surface area contributed by atoms with Crippen LogP contribution in [-0.4, -0.2) is 43.5 Å². The fourth-order valence-electron chi connectivity index (χ4n) is 3.11. The van der Waals surface area contributed by atoms with E-state index in [2.05, 4.69) is 11.9 Å². The van der Waals surface area contributed by atoms with Gasteiger partial charge in [0.25, 0.3) is 5.91 Å². The van der Waals surface area contributed by atoms with Gasteiger partial charge < -0.3 is 15.0 Å². The van der Waals surface area contributed by atoms with Crippen molar-refractivity contribution in [3.05, 3.63) is 65.5 Å². The van der Waals surface area contributed by atoms with E-state index >= 15 is 0 Å². The number of carbonyl (C=O) groups is 2. The predicted molar refractivity (Wildman–Crippen MR) is 106 cm³/mol. The lowest BCUT2D eigenvalue weighted by molar-refractivity contribution is -0.131. The molecule has 146 valence electrons. The molecule has 1 N–H and O–H groups in total. The number of nitrogens with zero attached hydrogens (tertiary/aromatic N) is 1. The van der Waals surface area contributed by atoms with Gasteiger partial charge in [-0.05, 0) is 42.0 Å². The van der Waals surface area contributed by atoms with E-state index in [1.807, 2.05) is 0 Å². The number of carbonyl (C=O) groups excluding carboxylic acids is 2. The fourth-order valence-corrected chi connectivity index (χ4v) is 3.38.